The maximum Gasteiger partial charge on any atom is 0.352 e. The molecule has 0 spiro atoms. The van der Waals surface area contributed by atoms with Gasteiger partial charge in [-0.1, -0.05) is 0 Å². The molecule has 0 fully saturated rings. The molecular weight excluding hydrogens is 307 g/mol. The van der Waals surface area contributed by atoms with Crippen LogP contribution in [0.5, 0.6) is 0 Å². The second-order valence-corrected chi connectivity index (χ2v) is 4.18. The summed E-state index contributed by atoms with van der Waals surface area (Å²) in [6, 6.07) is 5.21. The molecule has 0 aliphatic heterocycles. The van der Waals surface area contributed by atoms with Gasteiger partial charge in [0.2, 0.25) is 0 Å². The summed E-state index contributed by atoms with van der Waals surface area (Å²) in [6.07, 6.45) is 5.04. The van der Waals surface area contributed by atoms with Crippen LogP contribution < -0.4 is 0 Å². The van der Waals surface area contributed by atoms with Crippen LogP contribution in [-0.4, -0.2) is 20.6 Å². The van der Waals surface area contributed by atoms with E-state index in [9.17, 15) is 4.79 Å². The molecule has 2 heterocycles. The minimum atomic E-state index is -0.943. The molecule has 76 valence electrons. The lowest BCUT2D eigenvalue weighted by Crippen LogP contribution is -2.05. The largest absolute Gasteiger partial charge is 0.477 e. The third-order valence-electron chi connectivity index (χ3n) is 1.93. The molecule has 2 rings (SSSR count). The molecule has 0 amide bonds. The highest BCUT2D eigenvalue weighted by molar-refractivity contribution is 14.1. The van der Waals surface area contributed by atoms with Crippen molar-refractivity contribution in [3.05, 3.63) is 46.1 Å². The van der Waals surface area contributed by atoms with Crippen molar-refractivity contribution in [3.63, 3.8) is 0 Å². The summed E-state index contributed by atoms with van der Waals surface area (Å²) in [4.78, 5) is 14.9. The summed E-state index contributed by atoms with van der Waals surface area (Å²) >= 11 is 2.08. The van der Waals surface area contributed by atoms with Gasteiger partial charge >= 0.3 is 5.97 Å². The fourth-order valence-electron chi connectivity index (χ4n) is 1.30. The van der Waals surface area contributed by atoms with Crippen LogP contribution in [0.4, 0.5) is 0 Å². The molecule has 0 aromatic carbocycles. The number of pyridine rings is 1. The Balaban J connectivity index is 2.58. The van der Waals surface area contributed by atoms with Gasteiger partial charge in [0.25, 0.3) is 0 Å². The van der Waals surface area contributed by atoms with Gasteiger partial charge in [0.15, 0.2) is 0 Å². The highest BCUT2D eigenvalue weighted by atomic mass is 127. The number of carbonyl (C=O) groups is 1. The maximum atomic E-state index is 11.0. The minimum absolute atomic E-state index is 0.243. The van der Waals surface area contributed by atoms with E-state index in [0.29, 0.717) is 0 Å². The first-order valence-corrected chi connectivity index (χ1v) is 5.28. The second-order valence-electron chi connectivity index (χ2n) is 2.93. The number of hydrogen-bond acceptors (Lipinski definition) is 2. The van der Waals surface area contributed by atoms with Crippen molar-refractivity contribution < 1.29 is 9.90 Å². The van der Waals surface area contributed by atoms with E-state index >= 15 is 0 Å². The molecule has 1 N–H and O–H groups in total. The first-order valence-electron chi connectivity index (χ1n) is 4.20. The highest BCUT2D eigenvalue weighted by Crippen LogP contribution is 2.16. The molecule has 0 saturated carbocycles. The fourth-order valence-corrected chi connectivity index (χ4v) is 1.88. The molecule has 0 bridgehead atoms. The van der Waals surface area contributed by atoms with Gasteiger partial charge in [0.05, 0.1) is 11.9 Å². The van der Waals surface area contributed by atoms with E-state index < -0.39 is 5.97 Å². The molecule has 2 aromatic rings. The summed E-state index contributed by atoms with van der Waals surface area (Å²) < 4.78 is 2.49. The number of carboxylic acids is 1. The van der Waals surface area contributed by atoms with E-state index in [0.717, 1.165) is 9.26 Å². The second kappa shape index (κ2) is 4.01. The highest BCUT2D eigenvalue weighted by Gasteiger charge is 2.12. The molecule has 2 aromatic heterocycles. The van der Waals surface area contributed by atoms with Gasteiger partial charge in [0.1, 0.15) is 5.69 Å². The SMILES string of the molecule is O=C(O)c1cc(I)cn1-c1cccnc1. The third-order valence-corrected chi connectivity index (χ3v) is 2.52. The normalized spacial score (nSPS) is 10.2. The Morgan fingerprint density at radius 2 is 2.33 bits per heavy atom. The molecule has 4 nitrogen and oxygen atoms in total. The molecule has 0 aliphatic rings. The molecule has 0 atom stereocenters. The van der Waals surface area contributed by atoms with Crippen LogP contribution in [0.15, 0.2) is 36.8 Å². The Morgan fingerprint density at radius 1 is 1.53 bits per heavy atom. The number of rotatable bonds is 2. The van der Waals surface area contributed by atoms with Crippen molar-refractivity contribution in [3.8, 4) is 5.69 Å². The number of aromatic nitrogens is 2. The lowest BCUT2D eigenvalue weighted by Gasteiger charge is -2.04. The van der Waals surface area contributed by atoms with Gasteiger partial charge in [-0.05, 0) is 40.8 Å². The number of nitrogens with zero attached hydrogens (tertiary/aromatic N) is 2. The molecular formula is C10H7IN2O2. The average molecular weight is 314 g/mol. The first kappa shape index (κ1) is 10.2. The van der Waals surface area contributed by atoms with E-state index in [1.54, 1.807) is 35.3 Å². The molecule has 15 heavy (non-hydrogen) atoms. The van der Waals surface area contributed by atoms with E-state index in [1.807, 2.05) is 6.07 Å². The van der Waals surface area contributed by atoms with Crippen LogP contribution in [0.3, 0.4) is 0 Å². The smallest absolute Gasteiger partial charge is 0.352 e. The van der Waals surface area contributed by atoms with Gasteiger partial charge in [-0.25, -0.2) is 4.79 Å². The lowest BCUT2D eigenvalue weighted by molar-refractivity contribution is 0.0688. The van der Waals surface area contributed by atoms with Crippen molar-refractivity contribution in [2.24, 2.45) is 0 Å². The predicted octanol–water partition coefficient (Wildman–Crippen LogP) is 2.18. The molecule has 5 heteroatoms. The van der Waals surface area contributed by atoms with Crippen LogP contribution in [0.2, 0.25) is 0 Å². The molecule has 0 radical (unpaired) electrons. The number of halogens is 1. The van der Waals surface area contributed by atoms with E-state index in [2.05, 4.69) is 27.6 Å². The van der Waals surface area contributed by atoms with Crippen LogP contribution in [0, 0.1) is 3.57 Å². The average Bonchev–Trinajstić information content (AvgIpc) is 2.62. The topological polar surface area (TPSA) is 55.1 Å². The van der Waals surface area contributed by atoms with Crippen molar-refractivity contribution >= 4 is 28.6 Å². The Bertz CT molecular complexity index is 493. The Kier molecular flexibility index (Phi) is 2.72. The quantitative estimate of drug-likeness (QED) is 0.865. The summed E-state index contributed by atoms with van der Waals surface area (Å²) in [5, 5.41) is 9.00. The first-order chi connectivity index (χ1) is 7.18. The van der Waals surface area contributed by atoms with Gasteiger partial charge < -0.3 is 9.67 Å². The summed E-state index contributed by atoms with van der Waals surface area (Å²) in [6.45, 7) is 0. The van der Waals surface area contributed by atoms with Crippen LogP contribution >= 0.6 is 22.6 Å². The van der Waals surface area contributed by atoms with Gasteiger partial charge in [-0.3, -0.25) is 4.98 Å². The summed E-state index contributed by atoms with van der Waals surface area (Å²) in [7, 11) is 0. The maximum absolute atomic E-state index is 11.0. The van der Waals surface area contributed by atoms with E-state index in [1.165, 1.54) is 0 Å². The lowest BCUT2D eigenvalue weighted by atomic mass is 10.4. The van der Waals surface area contributed by atoms with Crippen molar-refractivity contribution in [1.29, 1.82) is 0 Å². The zero-order valence-corrected chi connectivity index (χ0v) is 9.75. The monoisotopic (exact) mass is 314 g/mol. The molecule has 0 aliphatic carbocycles. The predicted molar refractivity (Wildman–Crippen MR) is 63.2 cm³/mol. The third kappa shape index (κ3) is 2.01. The number of aromatic carboxylic acids is 1. The molecule has 0 unspecified atom stereocenters. The zero-order chi connectivity index (χ0) is 10.8. The molecule has 0 saturated heterocycles. The summed E-state index contributed by atoms with van der Waals surface area (Å²) in [5.41, 5.74) is 0.991. The fraction of sp³-hybridized carbons (Fsp3) is 0. The standard InChI is InChI=1S/C10H7IN2O2/c11-7-4-9(10(14)15)13(6-7)8-2-1-3-12-5-8/h1-6H,(H,14,15). The van der Waals surface area contributed by atoms with Gasteiger partial charge in [0, 0.05) is 16.0 Å². The Labute approximate surface area is 99.7 Å². The van der Waals surface area contributed by atoms with Gasteiger partial charge in [-0.2, -0.15) is 0 Å². The minimum Gasteiger partial charge on any atom is -0.477 e. The van der Waals surface area contributed by atoms with Crippen LogP contribution in [0.25, 0.3) is 5.69 Å². The van der Waals surface area contributed by atoms with E-state index in [4.69, 9.17) is 5.11 Å². The van der Waals surface area contributed by atoms with Gasteiger partial charge in [-0.15, -0.1) is 0 Å². The zero-order valence-electron chi connectivity index (χ0n) is 7.59. The Morgan fingerprint density at radius 3 is 2.93 bits per heavy atom. The van der Waals surface area contributed by atoms with Crippen molar-refractivity contribution in [2.45, 2.75) is 0 Å². The summed E-state index contributed by atoms with van der Waals surface area (Å²) in [5.74, 6) is -0.943. The van der Waals surface area contributed by atoms with Crippen molar-refractivity contribution in [2.75, 3.05) is 0 Å². The number of hydrogen-bond donors (Lipinski definition) is 1. The van der Waals surface area contributed by atoms with Crippen molar-refractivity contribution in [1.82, 2.24) is 9.55 Å². The Hall–Kier alpha value is -1.37. The van der Waals surface area contributed by atoms with Crippen LogP contribution in [0.1, 0.15) is 10.5 Å². The van der Waals surface area contributed by atoms with Crippen LogP contribution in [-0.2, 0) is 0 Å². The number of carboxylic acid groups (broad SMARTS) is 1. The van der Waals surface area contributed by atoms with E-state index in [-0.39, 0.29) is 5.69 Å².